The third-order valence-corrected chi connectivity index (χ3v) is 7.91. The normalized spacial score (nSPS) is 18.3. The molecule has 0 bridgehead atoms. The quantitative estimate of drug-likeness (QED) is 0.505. The summed E-state index contributed by atoms with van der Waals surface area (Å²) in [6.45, 7) is 1.27. The summed E-state index contributed by atoms with van der Waals surface area (Å²) in [6.07, 6.45) is 3.87. The van der Waals surface area contributed by atoms with Crippen molar-refractivity contribution in [2.45, 2.75) is 32.1 Å². The van der Waals surface area contributed by atoms with Crippen molar-refractivity contribution in [3.05, 3.63) is 45.3 Å². The average molecular weight is 483 g/mol. The molecule has 1 fully saturated rings. The Morgan fingerprint density at radius 2 is 1.90 bits per heavy atom. The molecule has 166 valence electrons. The molecule has 1 unspecified atom stereocenters. The largest absolute Gasteiger partial charge is 0.324 e. The highest BCUT2D eigenvalue weighted by Gasteiger charge is 2.30. The van der Waals surface area contributed by atoms with Gasteiger partial charge in [0.25, 0.3) is 5.91 Å². The number of amides is 2. The van der Waals surface area contributed by atoms with Gasteiger partial charge in [0.15, 0.2) is 0 Å². The number of anilines is 2. The van der Waals surface area contributed by atoms with Crippen LogP contribution in [0.15, 0.2) is 24.3 Å². The minimum Gasteiger partial charge on any atom is -0.322 e. The molecule has 1 aliphatic heterocycles. The van der Waals surface area contributed by atoms with Crippen molar-refractivity contribution in [3.8, 4) is 0 Å². The highest BCUT2D eigenvalue weighted by atomic mass is 35.5. The summed E-state index contributed by atoms with van der Waals surface area (Å²) in [5.41, 5.74) is 1.72. The molecule has 2 heterocycles. The standard InChI is InChI=1S/C20H23ClN4O4S2/c21-13-6-8-14(9-7-13)23-19(27)17-15-4-1-5-16(15)30-20(17)25-31(28,29)24-18(26)12-3-2-10-22-11-12/h6-9,12,22,25H,1-5,10-11H2,(H,23,27)(H,24,26). The number of aryl methyl sites for hydroxylation is 1. The number of hydrogen-bond acceptors (Lipinski definition) is 6. The van der Waals surface area contributed by atoms with E-state index in [0.29, 0.717) is 35.7 Å². The number of thiophene rings is 1. The van der Waals surface area contributed by atoms with E-state index < -0.39 is 27.9 Å². The second kappa shape index (κ2) is 9.15. The zero-order chi connectivity index (χ0) is 22.0. The van der Waals surface area contributed by atoms with Crippen LogP contribution in [0.4, 0.5) is 10.7 Å². The Labute approximate surface area is 189 Å². The molecule has 1 aliphatic carbocycles. The van der Waals surface area contributed by atoms with Crippen LogP contribution in [-0.2, 0) is 27.8 Å². The SMILES string of the molecule is O=C(Nc1ccc(Cl)cc1)c1c(NS(=O)(=O)NC(=O)C2CCCNC2)sc2c1CCC2. The van der Waals surface area contributed by atoms with Gasteiger partial charge in [0.1, 0.15) is 5.00 Å². The fourth-order valence-electron chi connectivity index (χ4n) is 3.88. The van der Waals surface area contributed by atoms with Crippen LogP contribution in [0.2, 0.25) is 5.02 Å². The molecule has 2 aromatic rings. The van der Waals surface area contributed by atoms with E-state index in [9.17, 15) is 18.0 Å². The molecule has 4 N–H and O–H groups in total. The summed E-state index contributed by atoms with van der Waals surface area (Å²) < 4.78 is 29.8. The molecule has 11 heteroatoms. The molecule has 1 aromatic carbocycles. The third kappa shape index (κ3) is 5.20. The summed E-state index contributed by atoms with van der Waals surface area (Å²) in [7, 11) is -4.17. The smallest absolute Gasteiger partial charge is 0.322 e. The Balaban J connectivity index is 1.53. The zero-order valence-electron chi connectivity index (χ0n) is 16.7. The van der Waals surface area contributed by atoms with Crippen molar-refractivity contribution in [1.29, 1.82) is 0 Å². The van der Waals surface area contributed by atoms with Crippen LogP contribution in [0.5, 0.6) is 0 Å². The molecule has 1 aromatic heterocycles. The van der Waals surface area contributed by atoms with Crippen molar-refractivity contribution in [2.75, 3.05) is 23.1 Å². The van der Waals surface area contributed by atoms with Gasteiger partial charge in [-0.25, -0.2) is 4.72 Å². The fraction of sp³-hybridized carbons (Fsp3) is 0.400. The molecule has 0 spiro atoms. The van der Waals surface area contributed by atoms with E-state index in [2.05, 4.69) is 20.1 Å². The molecule has 2 amide bonds. The molecule has 2 aliphatic rings. The number of halogens is 1. The summed E-state index contributed by atoms with van der Waals surface area (Å²) in [4.78, 5) is 26.4. The second-order valence-electron chi connectivity index (χ2n) is 7.64. The molecule has 1 atom stereocenters. The van der Waals surface area contributed by atoms with Gasteiger partial charge in [-0.1, -0.05) is 11.6 Å². The third-order valence-electron chi connectivity index (χ3n) is 5.38. The lowest BCUT2D eigenvalue weighted by Gasteiger charge is -2.21. The van der Waals surface area contributed by atoms with E-state index in [0.717, 1.165) is 36.2 Å². The highest BCUT2D eigenvalue weighted by molar-refractivity contribution is 7.91. The van der Waals surface area contributed by atoms with Gasteiger partial charge in [-0.2, -0.15) is 8.42 Å². The Kier molecular flexibility index (Phi) is 6.52. The number of benzene rings is 1. The van der Waals surface area contributed by atoms with Gasteiger partial charge in [-0.15, -0.1) is 11.3 Å². The van der Waals surface area contributed by atoms with Gasteiger partial charge in [0.2, 0.25) is 5.91 Å². The highest BCUT2D eigenvalue weighted by Crippen LogP contribution is 2.40. The number of rotatable bonds is 6. The molecular weight excluding hydrogens is 460 g/mol. The lowest BCUT2D eigenvalue weighted by molar-refractivity contribution is -0.123. The van der Waals surface area contributed by atoms with E-state index in [1.807, 2.05) is 0 Å². The van der Waals surface area contributed by atoms with Gasteiger partial charge in [-0.05, 0) is 68.5 Å². The minimum atomic E-state index is -4.17. The van der Waals surface area contributed by atoms with Gasteiger partial charge in [-0.3, -0.25) is 14.3 Å². The Morgan fingerprint density at radius 3 is 2.61 bits per heavy atom. The maximum atomic E-state index is 13.0. The van der Waals surface area contributed by atoms with Gasteiger partial charge in [0.05, 0.1) is 11.5 Å². The van der Waals surface area contributed by atoms with E-state index in [4.69, 9.17) is 11.6 Å². The van der Waals surface area contributed by atoms with Crippen molar-refractivity contribution in [2.24, 2.45) is 5.92 Å². The fourth-order valence-corrected chi connectivity index (χ4v) is 6.47. The van der Waals surface area contributed by atoms with E-state index >= 15 is 0 Å². The molecule has 4 rings (SSSR count). The molecule has 0 radical (unpaired) electrons. The average Bonchev–Trinajstić information content (AvgIpc) is 3.30. The number of carbonyl (C=O) groups excluding carboxylic acids is 2. The summed E-state index contributed by atoms with van der Waals surface area (Å²) in [6, 6.07) is 6.67. The summed E-state index contributed by atoms with van der Waals surface area (Å²) in [5.74, 6) is -1.34. The van der Waals surface area contributed by atoms with E-state index in [1.54, 1.807) is 24.3 Å². The minimum absolute atomic E-state index is 0.221. The van der Waals surface area contributed by atoms with Crippen molar-refractivity contribution in [3.63, 3.8) is 0 Å². The van der Waals surface area contributed by atoms with Crippen LogP contribution in [-0.4, -0.2) is 33.3 Å². The molecule has 0 saturated carbocycles. The van der Waals surface area contributed by atoms with Crippen molar-refractivity contribution >= 4 is 55.6 Å². The van der Waals surface area contributed by atoms with Crippen LogP contribution in [0, 0.1) is 5.92 Å². The van der Waals surface area contributed by atoms with Crippen molar-refractivity contribution in [1.82, 2.24) is 10.0 Å². The van der Waals surface area contributed by atoms with Crippen LogP contribution in [0.3, 0.4) is 0 Å². The number of nitrogens with one attached hydrogen (secondary N) is 4. The Hall–Kier alpha value is -2.14. The second-order valence-corrected chi connectivity index (χ2v) is 10.6. The number of fused-ring (bicyclic) bond motifs is 1. The summed E-state index contributed by atoms with van der Waals surface area (Å²) >= 11 is 7.14. The maximum absolute atomic E-state index is 13.0. The van der Waals surface area contributed by atoms with Crippen LogP contribution >= 0.6 is 22.9 Å². The molecule has 31 heavy (non-hydrogen) atoms. The topological polar surface area (TPSA) is 116 Å². The lowest BCUT2D eigenvalue weighted by Crippen LogP contribution is -2.44. The van der Waals surface area contributed by atoms with Crippen molar-refractivity contribution < 1.29 is 18.0 Å². The molecule has 1 saturated heterocycles. The van der Waals surface area contributed by atoms with E-state index in [-0.39, 0.29) is 5.00 Å². The lowest BCUT2D eigenvalue weighted by atomic mass is 9.99. The first-order valence-corrected chi connectivity index (χ1v) is 12.8. The van der Waals surface area contributed by atoms with Crippen LogP contribution < -0.4 is 20.1 Å². The first-order valence-electron chi connectivity index (χ1n) is 10.1. The number of hydrogen-bond donors (Lipinski definition) is 4. The molecular formula is C20H23ClN4O4S2. The van der Waals surface area contributed by atoms with E-state index in [1.165, 1.54) is 11.3 Å². The first-order chi connectivity index (χ1) is 14.8. The van der Waals surface area contributed by atoms with Gasteiger partial charge in [0, 0.05) is 22.1 Å². The summed E-state index contributed by atoms with van der Waals surface area (Å²) in [5, 5.41) is 6.66. The number of piperidine rings is 1. The van der Waals surface area contributed by atoms with Gasteiger partial charge < -0.3 is 10.6 Å². The number of carbonyl (C=O) groups is 2. The van der Waals surface area contributed by atoms with Crippen LogP contribution in [0.1, 0.15) is 40.1 Å². The maximum Gasteiger partial charge on any atom is 0.324 e. The van der Waals surface area contributed by atoms with Gasteiger partial charge >= 0.3 is 10.2 Å². The predicted octanol–water partition coefficient (Wildman–Crippen LogP) is 2.92. The zero-order valence-corrected chi connectivity index (χ0v) is 19.1. The molecule has 8 nitrogen and oxygen atoms in total. The first kappa shape index (κ1) is 22.1. The Morgan fingerprint density at radius 1 is 1.13 bits per heavy atom. The predicted molar refractivity (Wildman–Crippen MR) is 122 cm³/mol. The van der Waals surface area contributed by atoms with Crippen LogP contribution in [0.25, 0.3) is 0 Å². The Bertz CT molecular complexity index is 1090. The monoisotopic (exact) mass is 482 g/mol.